The second kappa shape index (κ2) is 6.08. The maximum Gasteiger partial charge on any atom is 0.146 e. The van der Waals surface area contributed by atoms with Crippen LogP contribution in [0.15, 0.2) is 18.5 Å². The molecule has 2 N–H and O–H groups in total. The Morgan fingerprint density at radius 1 is 1.47 bits per heavy atom. The summed E-state index contributed by atoms with van der Waals surface area (Å²) < 4.78 is 13.3. The van der Waals surface area contributed by atoms with E-state index in [0.717, 1.165) is 11.5 Å². The molecule has 0 aliphatic heterocycles. The van der Waals surface area contributed by atoms with E-state index < -0.39 is 0 Å². The van der Waals surface area contributed by atoms with Crippen molar-refractivity contribution in [3.8, 4) is 0 Å². The fourth-order valence-corrected chi connectivity index (χ4v) is 2.25. The van der Waals surface area contributed by atoms with Crippen molar-refractivity contribution in [1.82, 2.24) is 4.98 Å². The number of hydrogen-bond donors (Lipinski definition) is 1. The van der Waals surface area contributed by atoms with E-state index in [1.54, 1.807) is 24.0 Å². The van der Waals surface area contributed by atoms with E-state index >= 15 is 0 Å². The number of aromatic nitrogens is 1. The van der Waals surface area contributed by atoms with Crippen LogP contribution in [0.2, 0.25) is 0 Å². The van der Waals surface area contributed by atoms with Gasteiger partial charge >= 0.3 is 0 Å². The van der Waals surface area contributed by atoms with Gasteiger partial charge in [-0.25, -0.2) is 4.39 Å². The van der Waals surface area contributed by atoms with E-state index in [-0.39, 0.29) is 11.9 Å². The van der Waals surface area contributed by atoms with Crippen LogP contribution >= 0.6 is 11.8 Å². The summed E-state index contributed by atoms with van der Waals surface area (Å²) in [6.45, 7) is 4.32. The molecular weight excluding hydrogens is 211 g/mol. The lowest BCUT2D eigenvalue weighted by Gasteiger charge is -2.12. The molecule has 1 heterocycles. The number of nitrogens with zero attached hydrogens (tertiary/aromatic N) is 1. The third-order valence-corrected chi connectivity index (χ3v) is 3.45. The molecular formula is C11H17FN2S. The van der Waals surface area contributed by atoms with E-state index in [9.17, 15) is 4.39 Å². The van der Waals surface area contributed by atoms with Crippen LogP contribution in [0.4, 0.5) is 4.39 Å². The lowest BCUT2D eigenvalue weighted by atomic mass is 10.1. The van der Waals surface area contributed by atoms with Crippen molar-refractivity contribution >= 4 is 11.8 Å². The van der Waals surface area contributed by atoms with Crippen molar-refractivity contribution in [1.29, 1.82) is 0 Å². The Bertz CT molecular complexity index is 304. The van der Waals surface area contributed by atoms with Crippen LogP contribution < -0.4 is 5.73 Å². The van der Waals surface area contributed by atoms with E-state index in [1.807, 2.05) is 0 Å². The molecule has 1 rings (SSSR count). The smallest absolute Gasteiger partial charge is 0.146 e. The van der Waals surface area contributed by atoms with Crippen LogP contribution in [-0.4, -0.2) is 16.5 Å². The van der Waals surface area contributed by atoms with Gasteiger partial charge in [-0.3, -0.25) is 4.98 Å². The first kappa shape index (κ1) is 12.5. The summed E-state index contributed by atoms with van der Waals surface area (Å²) in [5.41, 5.74) is 6.45. The van der Waals surface area contributed by atoms with Crippen LogP contribution in [0.3, 0.4) is 0 Å². The number of thioether (sulfide) groups is 1. The lowest BCUT2D eigenvalue weighted by Crippen LogP contribution is -2.15. The van der Waals surface area contributed by atoms with Gasteiger partial charge in [-0.1, -0.05) is 13.8 Å². The van der Waals surface area contributed by atoms with E-state index in [4.69, 9.17) is 5.73 Å². The summed E-state index contributed by atoms with van der Waals surface area (Å²) >= 11 is 1.76. The molecule has 84 valence electrons. The molecule has 0 amide bonds. The fourth-order valence-electron chi connectivity index (χ4n) is 1.21. The van der Waals surface area contributed by atoms with Crippen molar-refractivity contribution in [3.63, 3.8) is 0 Å². The van der Waals surface area contributed by atoms with E-state index in [1.165, 1.54) is 6.20 Å². The molecule has 0 saturated heterocycles. The second-order valence-electron chi connectivity index (χ2n) is 3.93. The fraction of sp³-hybridized carbons (Fsp3) is 0.545. The largest absolute Gasteiger partial charge is 0.323 e. The Morgan fingerprint density at radius 2 is 2.20 bits per heavy atom. The van der Waals surface area contributed by atoms with Gasteiger partial charge in [0.15, 0.2) is 0 Å². The monoisotopic (exact) mass is 228 g/mol. The Labute approximate surface area is 94.5 Å². The molecule has 0 aromatic carbocycles. The summed E-state index contributed by atoms with van der Waals surface area (Å²) in [6.07, 6.45) is 2.79. The highest BCUT2D eigenvalue weighted by atomic mass is 32.2. The summed E-state index contributed by atoms with van der Waals surface area (Å²) in [7, 11) is 0. The second-order valence-corrected chi connectivity index (χ2v) is 5.01. The number of rotatable bonds is 5. The van der Waals surface area contributed by atoms with Crippen LogP contribution in [-0.2, 0) is 0 Å². The molecule has 0 aliphatic rings. The van der Waals surface area contributed by atoms with Crippen molar-refractivity contribution in [2.24, 2.45) is 11.7 Å². The SMILES string of the molecule is CC(C)CSCC(N)c1ccncc1F. The zero-order valence-electron chi connectivity index (χ0n) is 9.11. The maximum atomic E-state index is 13.3. The lowest BCUT2D eigenvalue weighted by molar-refractivity contribution is 0.589. The number of pyridine rings is 1. The molecule has 1 unspecified atom stereocenters. The number of hydrogen-bond acceptors (Lipinski definition) is 3. The highest BCUT2D eigenvalue weighted by molar-refractivity contribution is 7.99. The van der Waals surface area contributed by atoms with Gasteiger partial charge in [0.25, 0.3) is 0 Å². The van der Waals surface area contributed by atoms with Crippen molar-refractivity contribution in [3.05, 3.63) is 29.8 Å². The topological polar surface area (TPSA) is 38.9 Å². The molecule has 1 atom stereocenters. The van der Waals surface area contributed by atoms with Gasteiger partial charge in [0.1, 0.15) is 5.82 Å². The Balaban J connectivity index is 2.47. The van der Waals surface area contributed by atoms with Crippen molar-refractivity contribution in [2.75, 3.05) is 11.5 Å². The van der Waals surface area contributed by atoms with Gasteiger partial charge in [-0.2, -0.15) is 11.8 Å². The highest BCUT2D eigenvalue weighted by Gasteiger charge is 2.11. The van der Waals surface area contributed by atoms with Crippen molar-refractivity contribution in [2.45, 2.75) is 19.9 Å². The van der Waals surface area contributed by atoms with Gasteiger partial charge in [0, 0.05) is 23.6 Å². The minimum atomic E-state index is -0.310. The molecule has 0 bridgehead atoms. The predicted octanol–water partition coefficient (Wildman–Crippen LogP) is 2.61. The van der Waals surface area contributed by atoms with E-state index in [0.29, 0.717) is 11.5 Å². The summed E-state index contributed by atoms with van der Waals surface area (Å²) in [4.78, 5) is 3.70. The summed E-state index contributed by atoms with van der Waals surface area (Å²) in [5, 5.41) is 0. The van der Waals surface area contributed by atoms with Crippen molar-refractivity contribution < 1.29 is 4.39 Å². The van der Waals surface area contributed by atoms with Gasteiger partial charge in [0.05, 0.1) is 6.20 Å². The van der Waals surface area contributed by atoms with E-state index in [2.05, 4.69) is 18.8 Å². The average Bonchev–Trinajstić information content (AvgIpc) is 2.17. The molecule has 15 heavy (non-hydrogen) atoms. The molecule has 0 spiro atoms. The first-order valence-corrected chi connectivity index (χ1v) is 6.19. The standard InChI is InChI=1S/C11H17FN2S/c1-8(2)6-15-7-11(13)9-3-4-14-5-10(9)12/h3-5,8,11H,6-7,13H2,1-2H3. The third-order valence-electron chi connectivity index (χ3n) is 1.95. The van der Waals surface area contributed by atoms with Gasteiger partial charge < -0.3 is 5.73 Å². The average molecular weight is 228 g/mol. The highest BCUT2D eigenvalue weighted by Crippen LogP contribution is 2.19. The Hall–Kier alpha value is -0.610. The third kappa shape index (κ3) is 4.18. The predicted molar refractivity (Wildman–Crippen MR) is 63.3 cm³/mol. The zero-order chi connectivity index (χ0) is 11.3. The molecule has 0 fully saturated rings. The number of halogens is 1. The first-order valence-electron chi connectivity index (χ1n) is 5.04. The van der Waals surface area contributed by atoms with Crippen LogP contribution in [0.1, 0.15) is 25.5 Å². The molecule has 4 heteroatoms. The van der Waals surface area contributed by atoms with Gasteiger partial charge in [0.2, 0.25) is 0 Å². The molecule has 0 aliphatic carbocycles. The molecule has 2 nitrogen and oxygen atoms in total. The summed E-state index contributed by atoms with van der Waals surface area (Å²) in [5.74, 6) is 2.14. The Kier molecular flexibility index (Phi) is 5.05. The molecule has 1 aromatic heterocycles. The summed E-state index contributed by atoms with van der Waals surface area (Å²) in [6, 6.07) is 1.41. The minimum absolute atomic E-state index is 0.239. The van der Waals surface area contributed by atoms with Crippen LogP contribution in [0.25, 0.3) is 0 Å². The minimum Gasteiger partial charge on any atom is -0.323 e. The van der Waals surface area contributed by atoms with Gasteiger partial charge in [-0.15, -0.1) is 0 Å². The normalized spacial score (nSPS) is 13.1. The first-order chi connectivity index (χ1) is 7.11. The zero-order valence-corrected chi connectivity index (χ0v) is 9.93. The van der Waals surface area contributed by atoms with Crippen LogP contribution in [0.5, 0.6) is 0 Å². The number of nitrogens with two attached hydrogens (primary N) is 1. The quantitative estimate of drug-likeness (QED) is 0.842. The maximum absolute atomic E-state index is 13.3. The van der Waals surface area contributed by atoms with Crippen LogP contribution in [0, 0.1) is 11.7 Å². The Morgan fingerprint density at radius 3 is 2.80 bits per heavy atom. The van der Waals surface area contributed by atoms with Gasteiger partial charge in [-0.05, 0) is 17.7 Å². The molecule has 0 radical (unpaired) electrons. The molecule has 1 aromatic rings. The molecule has 0 saturated carbocycles.